The number of ether oxygens (including phenoxy) is 1. The Kier molecular flexibility index (Phi) is 11.2. The Morgan fingerprint density at radius 1 is 1.22 bits per heavy atom. The smallest absolute Gasteiger partial charge is 0.239 e. The minimum Gasteiger partial charge on any atom is -0.496 e. The third kappa shape index (κ3) is 8.36. The van der Waals surface area contributed by atoms with Gasteiger partial charge in [0.1, 0.15) is 5.75 Å². The summed E-state index contributed by atoms with van der Waals surface area (Å²) < 4.78 is 5.36. The lowest BCUT2D eigenvalue weighted by atomic mass is 9.95. The van der Waals surface area contributed by atoms with Crippen LogP contribution in [0.25, 0.3) is 0 Å². The fourth-order valence-corrected chi connectivity index (χ4v) is 3.26. The molecule has 0 spiro atoms. The number of benzene rings is 1. The topological polar surface area (TPSA) is 74.8 Å². The second-order valence-electron chi connectivity index (χ2n) is 6.81. The summed E-state index contributed by atoms with van der Waals surface area (Å²) in [6.07, 6.45) is 6.76. The van der Waals surface area contributed by atoms with Crippen LogP contribution in [0, 0.1) is 6.92 Å². The van der Waals surface area contributed by atoms with Gasteiger partial charge in [-0.25, -0.2) is 0 Å². The molecule has 6 nitrogen and oxygen atoms in total. The molecule has 3 N–H and O–H groups in total. The van der Waals surface area contributed by atoms with Crippen molar-refractivity contribution in [2.75, 3.05) is 27.2 Å². The molecule has 0 aliphatic heterocycles. The van der Waals surface area contributed by atoms with Gasteiger partial charge < -0.3 is 20.7 Å². The number of hydrogen-bond donors (Lipinski definition) is 3. The molecule has 1 amide bonds. The van der Waals surface area contributed by atoms with Crippen LogP contribution in [0.5, 0.6) is 5.75 Å². The van der Waals surface area contributed by atoms with Gasteiger partial charge in [-0.2, -0.15) is 0 Å². The molecule has 1 saturated carbocycles. The van der Waals surface area contributed by atoms with Crippen molar-refractivity contribution in [3.8, 4) is 5.75 Å². The van der Waals surface area contributed by atoms with Crippen molar-refractivity contribution < 1.29 is 9.53 Å². The van der Waals surface area contributed by atoms with Crippen LogP contribution in [0.1, 0.15) is 43.2 Å². The maximum Gasteiger partial charge on any atom is 0.239 e. The van der Waals surface area contributed by atoms with Gasteiger partial charge in [0, 0.05) is 19.6 Å². The van der Waals surface area contributed by atoms with Crippen molar-refractivity contribution in [3.63, 3.8) is 0 Å². The van der Waals surface area contributed by atoms with Crippen LogP contribution in [0.3, 0.4) is 0 Å². The number of methoxy groups -OCH3 is 1. The molecule has 0 atom stereocenters. The first-order valence-electron chi connectivity index (χ1n) is 9.49. The van der Waals surface area contributed by atoms with Gasteiger partial charge in [-0.3, -0.25) is 9.79 Å². The molecule has 0 heterocycles. The second kappa shape index (κ2) is 12.8. The predicted octanol–water partition coefficient (Wildman–Crippen LogP) is 2.78. The maximum absolute atomic E-state index is 12.1. The van der Waals surface area contributed by atoms with Crippen LogP contribution in [0.4, 0.5) is 0 Å². The van der Waals surface area contributed by atoms with E-state index in [2.05, 4.69) is 39.1 Å². The number of halogens is 1. The Morgan fingerprint density at radius 3 is 2.63 bits per heavy atom. The van der Waals surface area contributed by atoms with Crippen molar-refractivity contribution in [1.82, 2.24) is 16.0 Å². The lowest BCUT2D eigenvalue weighted by Crippen LogP contribution is -2.46. The Hall–Kier alpha value is -1.51. The number of aliphatic imine (C=N–C) groups is 1. The highest BCUT2D eigenvalue weighted by Gasteiger charge is 2.15. The van der Waals surface area contributed by atoms with Gasteiger partial charge in [-0.1, -0.05) is 31.4 Å². The summed E-state index contributed by atoms with van der Waals surface area (Å²) in [5.74, 6) is 1.58. The zero-order chi connectivity index (χ0) is 18.8. The number of amides is 1. The number of carbonyl (C=O) groups excluding carboxylic acids is 1. The molecule has 1 aliphatic carbocycles. The van der Waals surface area contributed by atoms with Crippen LogP contribution in [-0.2, 0) is 11.2 Å². The number of guanidine groups is 1. The molecular formula is C20H33IN4O2. The molecule has 7 heteroatoms. The molecule has 27 heavy (non-hydrogen) atoms. The SMILES string of the molecule is CN=C(NCCc1ccc(C)c(OC)c1)NCC(=O)NC1CCCCC1.I. The van der Waals surface area contributed by atoms with Gasteiger partial charge in [0.25, 0.3) is 0 Å². The molecule has 152 valence electrons. The van der Waals surface area contributed by atoms with Gasteiger partial charge in [0.2, 0.25) is 5.91 Å². The molecule has 0 saturated heterocycles. The molecule has 0 bridgehead atoms. The van der Waals surface area contributed by atoms with E-state index >= 15 is 0 Å². The number of hydrogen-bond acceptors (Lipinski definition) is 3. The van der Waals surface area contributed by atoms with E-state index in [1.165, 1.54) is 24.8 Å². The largest absolute Gasteiger partial charge is 0.496 e. The number of nitrogens with zero attached hydrogens (tertiary/aromatic N) is 1. The molecule has 0 aromatic heterocycles. The van der Waals surface area contributed by atoms with Crippen LogP contribution in [0.2, 0.25) is 0 Å². The van der Waals surface area contributed by atoms with Crippen LogP contribution in [0.15, 0.2) is 23.2 Å². The van der Waals surface area contributed by atoms with E-state index in [9.17, 15) is 4.79 Å². The third-order valence-electron chi connectivity index (χ3n) is 4.79. The van der Waals surface area contributed by atoms with E-state index in [1.54, 1.807) is 14.2 Å². The van der Waals surface area contributed by atoms with Gasteiger partial charge >= 0.3 is 0 Å². The average Bonchev–Trinajstić information content (AvgIpc) is 2.66. The monoisotopic (exact) mass is 488 g/mol. The minimum atomic E-state index is 0. The van der Waals surface area contributed by atoms with Crippen molar-refractivity contribution in [3.05, 3.63) is 29.3 Å². The summed E-state index contributed by atoms with van der Waals surface area (Å²) in [6.45, 7) is 3.01. The van der Waals surface area contributed by atoms with Crippen molar-refractivity contribution >= 4 is 35.8 Å². The lowest BCUT2D eigenvalue weighted by Gasteiger charge is -2.23. The van der Waals surface area contributed by atoms with Crippen LogP contribution in [-0.4, -0.2) is 45.2 Å². The molecule has 0 unspecified atom stereocenters. The fraction of sp³-hybridized carbons (Fsp3) is 0.600. The Bertz CT molecular complexity index is 616. The molecule has 1 aliphatic rings. The van der Waals surface area contributed by atoms with Crippen LogP contribution < -0.4 is 20.7 Å². The highest BCUT2D eigenvalue weighted by Crippen LogP contribution is 2.19. The van der Waals surface area contributed by atoms with E-state index < -0.39 is 0 Å². The van der Waals surface area contributed by atoms with Gasteiger partial charge in [0.05, 0.1) is 13.7 Å². The number of nitrogens with one attached hydrogen (secondary N) is 3. The van der Waals surface area contributed by atoms with Gasteiger partial charge in [-0.05, 0) is 43.4 Å². The highest BCUT2D eigenvalue weighted by molar-refractivity contribution is 14.0. The Balaban J connectivity index is 0.00000364. The van der Waals surface area contributed by atoms with E-state index in [0.29, 0.717) is 12.0 Å². The number of aryl methyl sites for hydroxylation is 1. The fourth-order valence-electron chi connectivity index (χ4n) is 3.26. The molecular weight excluding hydrogens is 455 g/mol. The Morgan fingerprint density at radius 2 is 1.96 bits per heavy atom. The summed E-state index contributed by atoms with van der Waals surface area (Å²) in [5.41, 5.74) is 2.33. The van der Waals surface area contributed by atoms with E-state index in [-0.39, 0.29) is 36.4 Å². The standard InChI is InChI=1S/C20H32N4O2.HI/c1-15-9-10-16(13-18(15)26-3)11-12-22-20(21-2)23-14-19(25)24-17-7-5-4-6-8-17;/h9-10,13,17H,4-8,11-12,14H2,1-3H3,(H,24,25)(H2,21,22,23);1H. The highest BCUT2D eigenvalue weighted by atomic mass is 127. The Labute approximate surface area is 179 Å². The summed E-state index contributed by atoms with van der Waals surface area (Å²) in [5, 5.41) is 9.43. The molecule has 1 aromatic carbocycles. The predicted molar refractivity (Wildman–Crippen MR) is 121 cm³/mol. The molecule has 1 aromatic rings. The molecule has 2 rings (SSSR count). The lowest BCUT2D eigenvalue weighted by molar-refractivity contribution is -0.120. The average molecular weight is 488 g/mol. The van der Waals surface area contributed by atoms with E-state index in [0.717, 1.165) is 37.1 Å². The molecule has 1 fully saturated rings. The first-order chi connectivity index (χ1) is 12.6. The maximum atomic E-state index is 12.1. The second-order valence-corrected chi connectivity index (χ2v) is 6.81. The summed E-state index contributed by atoms with van der Waals surface area (Å²) in [7, 11) is 3.40. The zero-order valence-electron chi connectivity index (χ0n) is 16.6. The summed E-state index contributed by atoms with van der Waals surface area (Å²) in [6, 6.07) is 6.57. The first kappa shape index (κ1) is 23.5. The normalized spacial score (nSPS) is 14.9. The van der Waals surface area contributed by atoms with Gasteiger partial charge in [-0.15, -0.1) is 24.0 Å². The number of carbonyl (C=O) groups is 1. The summed E-state index contributed by atoms with van der Waals surface area (Å²) in [4.78, 5) is 16.2. The van der Waals surface area contributed by atoms with Crippen molar-refractivity contribution in [2.24, 2.45) is 4.99 Å². The van der Waals surface area contributed by atoms with Gasteiger partial charge in [0.15, 0.2) is 5.96 Å². The third-order valence-corrected chi connectivity index (χ3v) is 4.79. The summed E-state index contributed by atoms with van der Waals surface area (Å²) >= 11 is 0. The van der Waals surface area contributed by atoms with E-state index in [1.807, 2.05) is 6.92 Å². The quantitative estimate of drug-likeness (QED) is 0.314. The molecule has 0 radical (unpaired) electrons. The first-order valence-corrected chi connectivity index (χ1v) is 9.49. The minimum absolute atomic E-state index is 0. The van der Waals surface area contributed by atoms with Crippen LogP contribution >= 0.6 is 24.0 Å². The van der Waals surface area contributed by atoms with Crippen molar-refractivity contribution in [1.29, 1.82) is 0 Å². The number of rotatable bonds is 7. The van der Waals surface area contributed by atoms with E-state index in [4.69, 9.17) is 4.74 Å². The van der Waals surface area contributed by atoms with Crippen molar-refractivity contribution in [2.45, 2.75) is 51.5 Å². The zero-order valence-corrected chi connectivity index (χ0v) is 19.0.